The van der Waals surface area contributed by atoms with Crippen LogP contribution in [0.25, 0.3) is 0 Å². The lowest BCUT2D eigenvalue weighted by molar-refractivity contribution is 0.373. The molecule has 1 atom stereocenters. The van der Waals surface area contributed by atoms with Crippen molar-refractivity contribution in [3.8, 4) is 0 Å². The molecule has 1 heterocycles. The first kappa shape index (κ1) is 15.4. The van der Waals surface area contributed by atoms with Gasteiger partial charge in [-0.2, -0.15) is 0 Å². The smallest absolute Gasteiger partial charge is 0.0496 e. The van der Waals surface area contributed by atoms with Gasteiger partial charge in [0.05, 0.1) is 0 Å². The molecule has 0 bridgehead atoms. The van der Waals surface area contributed by atoms with Gasteiger partial charge in [-0.05, 0) is 37.8 Å². The van der Waals surface area contributed by atoms with Crippen molar-refractivity contribution in [2.24, 2.45) is 5.73 Å². The maximum Gasteiger partial charge on any atom is 0.0496 e. The fourth-order valence-corrected chi connectivity index (χ4v) is 3.37. The van der Waals surface area contributed by atoms with E-state index in [0.29, 0.717) is 0 Å². The maximum atomic E-state index is 6.17. The number of rotatable bonds is 7. The van der Waals surface area contributed by atoms with Crippen molar-refractivity contribution in [3.63, 3.8) is 0 Å². The Labute approximate surface area is 124 Å². The summed E-state index contributed by atoms with van der Waals surface area (Å²) in [7, 11) is 0. The van der Waals surface area contributed by atoms with E-state index in [2.05, 4.69) is 43.0 Å². The van der Waals surface area contributed by atoms with Crippen molar-refractivity contribution in [2.45, 2.75) is 64.3 Å². The van der Waals surface area contributed by atoms with Gasteiger partial charge in [0.1, 0.15) is 0 Å². The fourth-order valence-electron chi connectivity index (χ4n) is 3.37. The molecule has 0 aromatic heterocycles. The van der Waals surface area contributed by atoms with Gasteiger partial charge >= 0.3 is 0 Å². The van der Waals surface area contributed by atoms with Crippen molar-refractivity contribution < 1.29 is 0 Å². The van der Waals surface area contributed by atoms with Gasteiger partial charge < -0.3 is 10.6 Å². The standard InChI is InChI=1S/C18H30N2/c1-3-4-5-8-13-18(2,15-19)20-14-9-11-16-10-6-7-12-17(16)20/h6-7,10,12H,3-5,8-9,11,13-15,19H2,1-2H3. The second kappa shape index (κ2) is 7.12. The lowest BCUT2D eigenvalue weighted by Gasteiger charge is -2.45. The molecule has 0 amide bonds. The van der Waals surface area contributed by atoms with Crippen molar-refractivity contribution in [1.82, 2.24) is 0 Å². The van der Waals surface area contributed by atoms with Crippen LogP contribution in [0.1, 0.15) is 57.9 Å². The summed E-state index contributed by atoms with van der Waals surface area (Å²) in [6, 6.07) is 8.86. The van der Waals surface area contributed by atoms with E-state index >= 15 is 0 Å². The lowest BCUT2D eigenvalue weighted by Crippen LogP contribution is -2.53. The van der Waals surface area contributed by atoms with Crippen molar-refractivity contribution in [1.29, 1.82) is 0 Å². The Morgan fingerprint density at radius 2 is 2.00 bits per heavy atom. The Bertz CT molecular complexity index is 416. The highest BCUT2D eigenvalue weighted by Gasteiger charge is 2.32. The first-order valence-electron chi connectivity index (χ1n) is 8.27. The lowest BCUT2D eigenvalue weighted by atomic mass is 9.88. The minimum Gasteiger partial charge on any atom is -0.365 e. The van der Waals surface area contributed by atoms with Gasteiger partial charge in [0.15, 0.2) is 0 Å². The van der Waals surface area contributed by atoms with Gasteiger partial charge in [0.2, 0.25) is 0 Å². The van der Waals surface area contributed by atoms with E-state index < -0.39 is 0 Å². The molecule has 1 aromatic rings. The van der Waals surface area contributed by atoms with Crippen LogP contribution in [-0.4, -0.2) is 18.6 Å². The van der Waals surface area contributed by atoms with Crippen molar-refractivity contribution >= 4 is 5.69 Å². The van der Waals surface area contributed by atoms with Gasteiger partial charge in [0.25, 0.3) is 0 Å². The van der Waals surface area contributed by atoms with Gasteiger partial charge in [-0.3, -0.25) is 0 Å². The maximum absolute atomic E-state index is 6.17. The second-order valence-electron chi connectivity index (χ2n) is 6.40. The average molecular weight is 274 g/mol. The predicted molar refractivity (Wildman–Crippen MR) is 88.3 cm³/mol. The van der Waals surface area contributed by atoms with Gasteiger partial charge in [-0.25, -0.2) is 0 Å². The Hall–Kier alpha value is -1.02. The van der Waals surface area contributed by atoms with Crippen LogP contribution in [0, 0.1) is 0 Å². The van der Waals surface area contributed by atoms with Crippen LogP contribution < -0.4 is 10.6 Å². The van der Waals surface area contributed by atoms with Crippen LogP contribution in [0.3, 0.4) is 0 Å². The molecule has 2 rings (SSSR count). The first-order chi connectivity index (χ1) is 9.71. The Kier molecular flexibility index (Phi) is 5.47. The van der Waals surface area contributed by atoms with Crippen LogP contribution >= 0.6 is 0 Å². The highest BCUT2D eigenvalue weighted by atomic mass is 15.2. The fraction of sp³-hybridized carbons (Fsp3) is 0.667. The van der Waals surface area contributed by atoms with Crippen LogP contribution in [0.4, 0.5) is 5.69 Å². The third-order valence-corrected chi connectivity index (χ3v) is 4.77. The topological polar surface area (TPSA) is 29.3 Å². The molecule has 0 aliphatic carbocycles. The van der Waals surface area contributed by atoms with Crippen LogP contribution in [0.2, 0.25) is 0 Å². The molecule has 1 aliphatic heterocycles. The summed E-state index contributed by atoms with van der Waals surface area (Å²) in [5.74, 6) is 0. The molecule has 2 heteroatoms. The number of hydrogen-bond acceptors (Lipinski definition) is 2. The molecule has 1 aliphatic rings. The molecule has 1 unspecified atom stereocenters. The number of fused-ring (bicyclic) bond motifs is 1. The van der Waals surface area contributed by atoms with Gasteiger partial charge in [-0.15, -0.1) is 0 Å². The molecule has 0 saturated carbocycles. The Balaban J connectivity index is 2.11. The van der Waals surface area contributed by atoms with E-state index in [1.54, 1.807) is 0 Å². The average Bonchev–Trinajstić information content (AvgIpc) is 2.51. The zero-order chi connectivity index (χ0) is 14.4. The largest absolute Gasteiger partial charge is 0.365 e. The number of nitrogens with two attached hydrogens (primary N) is 1. The highest BCUT2D eigenvalue weighted by molar-refractivity contribution is 5.57. The number of hydrogen-bond donors (Lipinski definition) is 1. The SMILES string of the molecule is CCCCCCC(C)(CN)N1CCCc2ccccc21. The number of unbranched alkanes of at least 4 members (excludes halogenated alkanes) is 3. The molecular formula is C18H30N2. The molecule has 0 spiro atoms. The van der Waals surface area contributed by atoms with Gasteiger partial charge in [0, 0.05) is 24.3 Å². The van der Waals surface area contributed by atoms with Crippen LogP contribution in [0.5, 0.6) is 0 Å². The number of para-hydroxylation sites is 1. The van der Waals surface area contributed by atoms with E-state index in [9.17, 15) is 0 Å². The minimum absolute atomic E-state index is 0.115. The molecular weight excluding hydrogens is 244 g/mol. The summed E-state index contributed by atoms with van der Waals surface area (Å²) in [6.45, 7) is 6.51. The second-order valence-corrected chi connectivity index (χ2v) is 6.40. The van der Waals surface area contributed by atoms with E-state index in [1.807, 2.05) is 0 Å². The van der Waals surface area contributed by atoms with Gasteiger partial charge in [-0.1, -0.05) is 50.8 Å². The summed E-state index contributed by atoms with van der Waals surface area (Å²) < 4.78 is 0. The molecule has 1 aromatic carbocycles. The summed E-state index contributed by atoms with van der Waals surface area (Å²) in [5.41, 5.74) is 9.19. The van der Waals surface area contributed by atoms with Crippen LogP contribution in [0.15, 0.2) is 24.3 Å². The number of anilines is 1. The number of benzene rings is 1. The minimum atomic E-state index is 0.115. The highest BCUT2D eigenvalue weighted by Crippen LogP contribution is 2.34. The zero-order valence-corrected chi connectivity index (χ0v) is 13.2. The third kappa shape index (κ3) is 3.35. The quantitative estimate of drug-likeness (QED) is 0.758. The molecule has 2 N–H and O–H groups in total. The summed E-state index contributed by atoms with van der Waals surface area (Å²) >= 11 is 0. The molecule has 0 saturated heterocycles. The van der Waals surface area contributed by atoms with E-state index in [-0.39, 0.29) is 5.54 Å². The molecule has 112 valence electrons. The van der Waals surface area contributed by atoms with E-state index in [4.69, 9.17) is 5.73 Å². The Morgan fingerprint density at radius 3 is 2.75 bits per heavy atom. The monoisotopic (exact) mass is 274 g/mol. The van der Waals surface area contributed by atoms with Crippen molar-refractivity contribution in [2.75, 3.05) is 18.0 Å². The van der Waals surface area contributed by atoms with E-state index in [0.717, 1.165) is 13.1 Å². The van der Waals surface area contributed by atoms with Crippen molar-refractivity contribution in [3.05, 3.63) is 29.8 Å². The first-order valence-corrected chi connectivity index (χ1v) is 8.27. The summed E-state index contributed by atoms with van der Waals surface area (Å²) in [5, 5.41) is 0. The molecule has 0 radical (unpaired) electrons. The van der Waals surface area contributed by atoms with Crippen LogP contribution in [-0.2, 0) is 6.42 Å². The Morgan fingerprint density at radius 1 is 1.20 bits per heavy atom. The summed E-state index contributed by atoms with van der Waals surface area (Å²) in [6.07, 6.45) is 8.94. The predicted octanol–water partition coefficient (Wildman–Crippen LogP) is 4.13. The normalized spacial score (nSPS) is 17.6. The molecule has 20 heavy (non-hydrogen) atoms. The third-order valence-electron chi connectivity index (χ3n) is 4.77. The molecule has 0 fully saturated rings. The number of aryl methyl sites for hydroxylation is 1. The van der Waals surface area contributed by atoms with E-state index in [1.165, 1.54) is 56.2 Å². The molecule has 2 nitrogen and oxygen atoms in total. The zero-order valence-electron chi connectivity index (χ0n) is 13.2. The summed E-state index contributed by atoms with van der Waals surface area (Å²) in [4.78, 5) is 2.58. The number of nitrogens with zero attached hydrogens (tertiary/aromatic N) is 1.